The maximum absolute atomic E-state index is 3.73. The summed E-state index contributed by atoms with van der Waals surface area (Å²) in [5, 5.41) is 3.73. The lowest BCUT2D eigenvalue weighted by atomic mass is 9.95. The highest BCUT2D eigenvalue weighted by Crippen LogP contribution is 2.20. The maximum Gasteiger partial charge on any atom is 0.0221 e. The van der Waals surface area contributed by atoms with E-state index >= 15 is 0 Å². The lowest BCUT2D eigenvalue weighted by molar-refractivity contribution is 0.0739. The van der Waals surface area contributed by atoms with E-state index in [9.17, 15) is 0 Å². The molecule has 3 atom stereocenters. The van der Waals surface area contributed by atoms with Crippen molar-refractivity contribution in [3.05, 3.63) is 35.9 Å². The molecule has 112 valence electrons. The van der Waals surface area contributed by atoms with E-state index in [1.165, 1.54) is 18.5 Å². The van der Waals surface area contributed by atoms with E-state index in [2.05, 4.69) is 68.2 Å². The first-order valence-corrected chi connectivity index (χ1v) is 8.14. The minimum absolute atomic E-state index is 0.616. The molecule has 1 fully saturated rings. The topological polar surface area (TPSA) is 15.3 Å². The van der Waals surface area contributed by atoms with Crippen molar-refractivity contribution >= 4 is 0 Å². The molecular weight excluding hydrogens is 244 g/mol. The zero-order valence-electron chi connectivity index (χ0n) is 13.5. The number of hydrogen-bond acceptors (Lipinski definition) is 2. The average molecular weight is 274 g/mol. The van der Waals surface area contributed by atoms with E-state index in [0.29, 0.717) is 24.0 Å². The molecule has 0 aromatic heterocycles. The molecule has 20 heavy (non-hydrogen) atoms. The van der Waals surface area contributed by atoms with E-state index in [4.69, 9.17) is 0 Å². The highest BCUT2D eigenvalue weighted by atomic mass is 15.3. The van der Waals surface area contributed by atoms with Gasteiger partial charge >= 0.3 is 0 Å². The Morgan fingerprint density at radius 2 is 1.90 bits per heavy atom. The molecule has 1 aromatic carbocycles. The third-order valence-corrected chi connectivity index (χ3v) is 4.71. The molecule has 0 spiro atoms. The van der Waals surface area contributed by atoms with Gasteiger partial charge in [-0.2, -0.15) is 0 Å². The van der Waals surface area contributed by atoms with Crippen molar-refractivity contribution in [3.63, 3.8) is 0 Å². The molecule has 0 bridgehead atoms. The summed E-state index contributed by atoms with van der Waals surface area (Å²) in [4.78, 5) is 2.73. The summed E-state index contributed by atoms with van der Waals surface area (Å²) in [7, 11) is 0. The van der Waals surface area contributed by atoms with E-state index in [1.807, 2.05) is 0 Å². The number of hydrogen-bond donors (Lipinski definition) is 1. The van der Waals surface area contributed by atoms with E-state index in [0.717, 1.165) is 13.0 Å². The second-order valence-electron chi connectivity index (χ2n) is 6.56. The summed E-state index contributed by atoms with van der Waals surface area (Å²) in [5.41, 5.74) is 1.45. The molecule has 0 saturated carbocycles. The minimum Gasteiger partial charge on any atom is -0.311 e. The van der Waals surface area contributed by atoms with Crippen LogP contribution in [0.25, 0.3) is 0 Å². The Morgan fingerprint density at radius 1 is 1.20 bits per heavy atom. The Kier molecular flexibility index (Phi) is 5.62. The molecule has 2 nitrogen and oxygen atoms in total. The number of piperazine rings is 1. The summed E-state index contributed by atoms with van der Waals surface area (Å²) in [5.74, 6) is 0.708. The van der Waals surface area contributed by atoms with Crippen molar-refractivity contribution in [2.24, 2.45) is 5.92 Å². The minimum atomic E-state index is 0.616. The molecule has 1 aliphatic heterocycles. The van der Waals surface area contributed by atoms with Gasteiger partial charge in [0.25, 0.3) is 0 Å². The fraction of sp³-hybridized carbons (Fsp3) is 0.667. The van der Waals surface area contributed by atoms with Gasteiger partial charge in [-0.3, -0.25) is 4.90 Å². The molecular formula is C18H30N2. The Labute approximate surface area is 124 Å². The monoisotopic (exact) mass is 274 g/mol. The van der Waals surface area contributed by atoms with Crippen LogP contribution in [0.15, 0.2) is 30.3 Å². The van der Waals surface area contributed by atoms with Crippen molar-refractivity contribution in [1.82, 2.24) is 10.2 Å². The second-order valence-corrected chi connectivity index (χ2v) is 6.56. The zero-order valence-corrected chi connectivity index (χ0v) is 13.5. The van der Waals surface area contributed by atoms with Gasteiger partial charge in [0.2, 0.25) is 0 Å². The van der Waals surface area contributed by atoms with Gasteiger partial charge in [-0.15, -0.1) is 0 Å². The molecule has 0 amide bonds. The Balaban J connectivity index is 2.02. The Morgan fingerprint density at radius 3 is 2.50 bits per heavy atom. The summed E-state index contributed by atoms with van der Waals surface area (Å²) >= 11 is 0. The van der Waals surface area contributed by atoms with Gasteiger partial charge in [-0.1, -0.05) is 51.1 Å². The summed E-state index contributed by atoms with van der Waals surface area (Å²) in [6.45, 7) is 11.7. The molecule has 1 aliphatic rings. The van der Waals surface area contributed by atoms with Crippen LogP contribution in [0.5, 0.6) is 0 Å². The van der Waals surface area contributed by atoms with Gasteiger partial charge in [0, 0.05) is 31.2 Å². The number of rotatable bonds is 5. The molecule has 1 heterocycles. The van der Waals surface area contributed by atoms with Gasteiger partial charge in [0.15, 0.2) is 0 Å². The van der Waals surface area contributed by atoms with Crippen LogP contribution in [0.2, 0.25) is 0 Å². The van der Waals surface area contributed by atoms with Crippen molar-refractivity contribution in [2.45, 2.75) is 58.7 Å². The highest BCUT2D eigenvalue weighted by molar-refractivity contribution is 5.16. The van der Waals surface area contributed by atoms with Gasteiger partial charge in [0.05, 0.1) is 0 Å². The quantitative estimate of drug-likeness (QED) is 0.886. The molecule has 1 saturated heterocycles. The second kappa shape index (κ2) is 7.24. The summed E-state index contributed by atoms with van der Waals surface area (Å²) in [6, 6.07) is 12.8. The van der Waals surface area contributed by atoms with Crippen molar-refractivity contribution in [1.29, 1.82) is 0 Å². The van der Waals surface area contributed by atoms with Gasteiger partial charge in [-0.25, -0.2) is 0 Å². The number of nitrogens with zero attached hydrogens (tertiary/aromatic N) is 1. The smallest absolute Gasteiger partial charge is 0.0221 e. The molecule has 3 unspecified atom stereocenters. The largest absolute Gasteiger partial charge is 0.311 e. The van der Waals surface area contributed by atoms with Crippen LogP contribution < -0.4 is 5.32 Å². The third kappa shape index (κ3) is 3.83. The summed E-state index contributed by atoms with van der Waals surface area (Å²) < 4.78 is 0. The van der Waals surface area contributed by atoms with Crippen LogP contribution in [0.1, 0.15) is 39.7 Å². The van der Waals surface area contributed by atoms with E-state index in [1.54, 1.807) is 0 Å². The first-order chi connectivity index (χ1) is 9.61. The normalized spacial score (nSPS) is 25.9. The lowest BCUT2D eigenvalue weighted by Crippen LogP contribution is -2.60. The molecule has 2 heteroatoms. The molecule has 1 N–H and O–H groups in total. The molecule has 0 radical (unpaired) electrons. The van der Waals surface area contributed by atoms with Gasteiger partial charge in [0.1, 0.15) is 0 Å². The predicted octanol–water partition coefficient (Wildman–Crippen LogP) is 3.33. The molecule has 0 aliphatic carbocycles. The first-order valence-electron chi connectivity index (χ1n) is 8.14. The van der Waals surface area contributed by atoms with Crippen molar-refractivity contribution in [3.8, 4) is 0 Å². The van der Waals surface area contributed by atoms with Gasteiger partial charge in [-0.05, 0) is 31.2 Å². The van der Waals surface area contributed by atoms with Crippen LogP contribution in [0.4, 0.5) is 0 Å². The Hall–Kier alpha value is -0.860. The number of nitrogens with one attached hydrogen (secondary N) is 1. The zero-order chi connectivity index (χ0) is 14.5. The fourth-order valence-corrected chi connectivity index (χ4v) is 3.28. The SMILES string of the molecule is CCC1CNC(C(C)C)CN1C(C)Cc1ccccc1. The van der Waals surface area contributed by atoms with Gasteiger partial charge < -0.3 is 5.32 Å². The van der Waals surface area contributed by atoms with Crippen LogP contribution in [-0.4, -0.2) is 36.1 Å². The standard InChI is InChI=1S/C18H30N2/c1-5-17-12-19-18(14(2)3)13-20(17)15(4)11-16-9-7-6-8-10-16/h6-10,14-15,17-19H,5,11-13H2,1-4H3. The predicted molar refractivity (Wildman–Crippen MR) is 87.0 cm³/mol. The van der Waals surface area contributed by atoms with Crippen molar-refractivity contribution in [2.75, 3.05) is 13.1 Å². The first kappa shape index (κ1) is 15.5. The maximum atomic E-state index is 3.73. The van der Waals surface area contributed by atoms with Crippen molar-refractivity contribution < 1.29 is 0 Å². The van der Waals surface area contributed by atoms with E-state index in [-0.39, 0.29) is 0 Å². The average Bonchev–Trinajstić information content (AvgIpc) is 2.47. The van der Waals surface area contributed by atoms with Crippen LogP contribution >= 0.6 is 0 Å². The highest BCUT2D eigenvalue weighted by Gasteiger charge is 2.31. The van der Waals surface area contributed by atoms with Crippen LogP contribution in [0.3, 0.4) is 0 Å². The fourth-order valence-electron chi connectivity index (χ4n) is 3.28. The third-order valence-electron chi connectivity index (χ3n) is 4.71. The van der Waals surface area contributed by atoms with Crippen LogP contribution in [-0.2, 0) is 6.42 Å². The Bertz CT molecular complexity index is 388. The van der Waals surface area contributed by atoms with E-state index < -0.39 is 0 Å². The number of benzene rings is 1. The summed E-state index contributed by atoms with van der Waals surface area (Å²) in [6.07, 6.45) is 2.39. The van der Waals surface area contributed by atoms with Crippen LogP contribution in [0, 0.1) is 5.92 Å². The molecule has 2 rings (SSSR count). The molecule has 1 aromatic rings. The lowest BCUT2D eigenvalue weighted by Gasteiger charge is -2.45.